The van der Waals surface area contributed by atoms with Crippen LogP contribution >= 0.6 is 12.6 Å². The van der Waals surface area contributed by atoms with Gasteiger partial charge >= 0.3 is 0 Å². The number of benzene rings is 1. The third-order valence-corrected chi connectivity index (χ3v) is 2.18. The molecule has 1 nitrogen and oxygen atoms in total. The average molecular weight is 200 g/mol. The number of aryl methyl sites for hydroxylation is 1. The topological polar surface area (TPSA) is 9.23 Å². The smallest absolute Gasteiger partial charge is 0.130 e. The largest absolute Gasteiger partial charge is 0.497 e. The third kappa shape index (κ3) is 2.92. The lowest BCUT2D eigenvalue weighted by Crippen LogP contribution is -1.93. The Labute approximate surface area is 83.3 Å². The number of rotatable bonds is 4. The fourth-order valence-electron chi connectivity index (χ4n) is 1.13. The lowest BCUT2D eigenvalue weighted by molar-refractivity contribution is 0.410. The predicted octanol–water partition coefficient (Wildman–Crippen LogP) is 2.70. The van der Waals surface area contributed by atoms with Gasteiger partial charge in [-0.05, 0) is 30.2 Å². The molecule has 0 atom stereocenters. The summed E-state index contributed by atoms with van der Waals surface area (Å²) in [6, 6.07) is 4.95. The molecule has 0 N–H and O–H groups in total. The molecule has 1 aromatic rings. The molecule has 0 unspecified atom stereocenters. The molecule has 0 saturated heterocycles. The maximum atomic E-state index is 13.3. The van der Waals surface area contributed by atoms with Gasteiger partial charge in [0.1, 0.15) is 11.6 Å². The molecule has 0 bridgehead atoms. The standard InChI is InChI=1S/C10H13FOS/c1-12-9-5-4-8(3-2-6-13)10(11)7-9/h4-5,7,13H,2-3,6H2,1H3. The maximum Gasteiger partial charge on any atom is 0.130 e. The normalized spacial score (nSPS) is 10.1. The van der Waals surface area contributed by atoms with Crippen molar-refractivity contribution in [3.05, 3.63) is 29.6 Å². The Kier molecular flexibility index (Phi) is 4.09. The first-order valence-corrected chi connectivity index (χ1v) is 4.84. The zero-order chi connectivity index (χ0) is 9.68. The van der Waals surface area contributed by atoms with Crippen LogP contribution in [0.2, 0.25) is 0 Å². The van der Waals surface area contributed by atoms with Crippen LogP contribution in [0, 0.1) is 5.82 Å². The van der Waals surface area contributed by atoms with Crippen molar-refractivity contribution in [2.75, 3.05) is 12.9 Å². The summed E-state index contributed by atoms with van der Waals surface area (Å²) in [7, 11) is 1.53. The molecule has 1 aromatic carbocycles. The van der Waals surface area contributed by atoms with E-state index >= 15 is 0 Å². The summed E-state index contributed by atoms with van der Waals surface area (Å²) in [5.74, 6) is 1.15. The van der Waals surface area contributed by atoms with Crippen molar-refractivity contribution in [1.29, 1.82) is 0 Å². The van der Waals surface area contributed by atoms with Crippen molar-refractivity contribution in [2.45, 2.75) is 12.8 Å². The molecule has 0 aliphatic heterocycles. The van der Waals surface area contributed by atoms with Gasteiger partial charge in [-0.25, -0.2) is 4.39 Å². The van der Waals surface area contributed by atoms with Crippen LogP contribution in [0.25, 0.3) is 0 Å². The Morgan fingerprint density at radius 3 is 2.77 bits per heavy atom. The van der Waals surface area contributed by atoms with Gasteiger partial charge in [-0.1, -0.05) is 6.07 Å². The van der Waals surface area contributed by atoms with Crippen LogP contribution in [0.3, 0.4) is 0 Å². The lowest BCUT2D eigenvalue weighted by atomic mass is 10.1. The highest BCUT2D eigenvalue weighted by Crippen LogP contribution is 2.17. The zero-order valence-electron chi connectivity index (χ0n) is 7.59. The molecule has 3 heteroatoms. The quantitative estimate of drug-likeness (QED) is 0.735. The fourth-order valence-corrected chi connectivity index (χ4v) is 1.29. The van der Waals surface area contributed by atoms with E-state index in [0.29, 0.717) is 5.75 Å². The Morgan fingerprint density at radius 1 is 1.46 bits per heavy atom. The minimum atomic E-state index is -0.193. The Balaban J connectivity index is 2.73. The Morgan fingerprint density at radius 2 is 2.23 bits per heavy atom. The first-order chi connectivity index (χ1) is 6.27. The second kappa shape index (κ2) is 5.12. The molecule has 0 amide bonds. The van der Waals surface area contributed by atoms with E-state index in [2.05, 4.69) is 12.6 Å². The van der Waals surface area contributed by atoms with Crippen molar-refractivity contribution in [2.24, 2.45) is 0 Å². The van der Waals surface area contributed by atoms with E-state index in [0.717, 1.165) is 24.2 Å². The first-order valence-electron chi connectivity index (χ1n) is 4.21. The van der Waals surface area contributed by atoms with Gasteiger partial charge in [0.25, 0.3) is 0 Å². The molecule has 0 aliphatic rings. The summed E-state index contributed by atoms with van der Waals surface area (Å²) in [5, 5.41) is 0. The highest BCUT2D eigenvalue weighted by molar-refractivity contribution is 7.80. The van der Waals surface area contributed by atoms with E-state index in [1.54, 1.807) is 12.1 Å². The van der Waals surface area contributed by atoms with E-state index in [1.165, 1.54) is 13.2 Å². The third-order valence-electron chi connectivity index (χ3n) is 1.86. The van der Waals surface area contributed by atoms with E-state index in [1.807, 2.05) is 0 Å². The van der Waals surface area contributed by atoms with Crippen LogP contribution in [0.4, 0.5) is 4.39 Å². The Hall–Kier alpha value is -0.700. The number of methoxy groups -OCH3 is 1. The number of halogens is 1. The van der Waals surface area contributed by atoms with E-state index < -0.39 is 0 Å². The number of hydrogen-bond donors (Lipinski definition) is 1. The van der Waals surface area contributed by atoms with Crippen LogP contribution in [-0.2, 0) is 6.42 Å². The van der Waals surface area contributed by atoms with E-state index in [-0.39, 0.29) is 5.82 Å². The summed E-state index contributed by atoms with van der Waals surface area (Å²) in [6.07, 6.45) is 1.63. The summed E-state index contributed by atoms with van der Waals surface area (Å²) < 4.78 is 18.2. The molecule has 1 rings (SSSR count). The van der Waals surface area contributed by atoms with Gasteiger partial charge < -0.3 is 4.74 Å². The average Bonchev–Trinajstić information content (AvgIpc) is 2.16. The number of hydrogen-bond acceptors (Lipinski definition) is 2. The second-order valence-electron chi connectivity index (χ2n) is 2.78. The number of thiol groups is 1. The molecule has 72 valence electrons. The maximum absolute atomic E-state index is 13.3. The van der Waals surface area contributed by atoms with Crippen LogP contribution in [0.1, 0.15) is 12.0 Å². The predicted molar refractivity (Wildman–Crippen MR) is 55.1 cm³/mol. The first kappa shape index (κ1) is 10.4. The van der Waals surface area contributed by atoms with Crippen molar-refractivity contribution >= 4 is 12.6 Å². The van der Waals surface area contributed by atoms with Crippen LogP contribution < -0.4 is 4.74 Å². The van der Waals surface area contributed by atoms with Gasteiger partial charge in [-0.2, -0.15) is 12.6 Å². The van der Waals surface area contributed by atoms with Crippen LogP contribution in [-0.4, -0.2) is 12.9 Å². The minimum Gasteiger partial charge on any atom is -0.497 e. The van der Waals surface area contributed by atoms with Gasteiger partial charge in [0.2, 0.25) is 0 Å². The highest BCUT2D eigenvalue weighted by Gasteiger charge is 2.02. The summed E-state index contributed by atoms with van der Waals surface area (Å²) in [4.78, 5) is 0. The molecule has 0 spiro atoms. The van der Waals surface area contributed by atoms with Gasteiger partial charge in [0.05, 0.1) is 7.11 Å². The van der Waals surface area contributed by atoms with Crippen molar-refractivity contribution in [3.8, 4) is 5.75 Å². The number of ether oxygens (including phenoxy) is 1. The van der Waals surface area contributed by atoms with Crippen molar-refractivity contribution in [3.63, 3.8) is 0 Å². The van der Waals surface area contributed by atoms with E-state index in [9.17, 15) is 4.39 Å². The molecule has 0 fully saturated rings. The summed E-state index contributed by atoms with van der Waals surface area (Å²) in [5.41, 5.74) is 0.731. The van der Waals surface area contributed by atoms with Gasteiger partial charge in [0, 0.05) is 6.07 Å². The zero-order valence-corrected chi connectivity index (χ0v) is 8.48. The molecule has 0 radical (unpaired) electrons. The fraction of sp³-hybridized carbons (Fsp3) is 0.400. The van der Waals surface area contributed by atoms with Gasteiger partial charge in [0.15, 0.2) is 0 Å². The molecule has 0 saturated carbocycles. The SMILES string of the molecule is COc1ccc(CCCS)c(F)c1. The van der Waals surface area contributed by atoms with Crippen LogP contribution in [0.15, 0.2) is 18.2 Å². The minimum absolute atomic E-state index is 0.193. The highest BCUT2D eigenvalue weighted by atomic mass is 32.1. The van der Waals surface area contributed by atoms with Crippen molar-refractivity contribution < 1.29 is 9.13 Å². The second-order valence-corrected chi connectivity index (χ2v) is 3.23. The molecule has 0 aliphatic carbocycles. The summed E-state index contributed by atoms with van der Waals surface area (Å²) >= 11 is 4.08. The molecule has 0 heterocycles. The molecule has 0 aromatic heterocycles. The van der Waals surface area contributed by atoms with Gasteiger partial charge in [-0.3, -0.25) is 0 Å². The molecular formula is C10H13FOS. The lowest BCUT2D eigenvalue weighted by Gasteiger charge is -2.04. The van der Waals surface area contributed by atoms with Gasteiger partial charge in [-0.15, -0.1) is 0 Å². The van der Waals surface area contributed by atoms with Crippen LogP contribution in [0.5, 0.6) is 5.75 Å². The van der Waals surface area contributed by atoms with Crippen molar-refractivity contribution in [1.82, 2.24) is 0 Å². The monoisotopic (exact) mass is 200 g/mol. The molecular weight excluding hydrogens is 187 g/mol. The summed E-state index contributed by atoms with van der Waals surface area (Å²) in [6.45, 7) is 0. The van der Waals surface area contributed by atoms with E-state index in [4.69, 9.17) is 4.74 Å². The molecule has 13 heavy (non-hydrogen) atoms. The Bertz CT molecular complexity index is 276.